The van der Waals surface area contributed by atoms with Crippen LogP contribution in [0.2, 0.25) is 0 Å². The van der Waals surface area contributed by atoms with Crippen LogP contribution in [-0.4, -0.2) is 23.8 Å². The van der Waals surface area contributed by atoms with E-state index >= 15 is 0 Å². The van der Waals surface area contributed by atoms with Crippen molar-refractivity contribution in [3.63, 3.8) is 0 Å². The lowest BCUT2D eigenvalue weighted by atomic mass is 9.53. The van der Waals surface area contributed by atoms with Gasteiger partial charge in [-0.1, -0.05) is 30.3 Å². The summed E-state index contributed by atoms with van der Waals surface area (Å²) >= 11 is 0. The zero-order valence-electron chi connectivity index (χ0n) is 14.0. The number of nitrogens with one attached hydrogen (secondary N) is 1. The zero-order valence-corrected chi connectivity index (χ0v) is 14.0. The van der Waals surface area contributed by atoms with Gasteiger partial charge in [-0.3, -0.25) is 0 Å². The van der Waals surface area contributed by atoms with Crippen LogP contribution in [0.5, 0.6) is 0 Å². The van der Waals surface area contributed by atoms with Crippen LogP contribution < -0.4 is 5.32 Å². The summed E-state index contributed by atoms with van der Waals surface area (Å²) in [7, 11) is 0. The largest absolute Gasteiger partial charge is 0.395 e. The molecule has 1 aromatic rings. The van der Waals surface area contributed by atoms with Crippen LogP contribution in [-0.2, 0) is 5.41 Å². The summed E-state index contributed by atoms with van der Waals surface area (Å²) < 4.78 is 0. The van der Waals surface area contributed by atoms with Gasteiger partial charge in [0.2, 0.25) is 0 Å². The molecule has 23 heavy (non-hydrogen) atoms. The Labute approximate surface area is 139 Å². The summed E-state index contributed by atoms with van der Waals surface area (Å²) in [6.07, 6.45) is 9.93. The fourth-order valence-electron chi connectivity index (χ4n) is 6.72. The molecule has 6 rings (SSSR count). The topological polar surface area (TPSA) is 32.3 Å². The van der Waals surface area contributed by atoms with Gasteiger partial charge in [0, 0.05) is 11.0 Å². The summed E-state index contributed by atoms with van der Waals surface area (Å²) in [4.78, 5) is 0. The number of rotatable bonds is 5. The molecular weight excluding hydrogens is 282 g/mol. The maximum absolute atomic E-state index is 10.0. The van der Waals surface area contributed by atoms with Crippen molar-refractivity contribution in [3.05, 3.63) is 35.9 Å². The molecule has 124 valence electrons. The van der Waals surface area contributed by atoms with E-state index in [9.17, 15) is 5.11 Å². The Morgan fingerprint density at radius 1 is 0.913 bits per heavy atom. The van der Waals surface area contributed by atoms with Crippen LogP contribution in [0.15, 0.2) is 30.3 Å². The first-order valence-electron chi connectivity index (χ1n) is 9.63. The van der Waals surface area contributed by atoms with Gasteiger partial charge in [-0.15, -0.1) is 0 Å². The van der Waals surface area contributed by atoms with E-state index in [0.717, 1.165) is 30.7 Å². The number of aliphatic hydroxyl groups is 1. The van der Waals surface area contributed by atoms with E-state index in [4.69, 9.17) is 0 Å². The molecule has 2 N–H and O–H groups in total. The molecule has 5 saturated carbocycles. The Morgan fingerprint density at radius 3 is 2.09 bits per heavy atom. The summed E-state index contributed by atoms with van der Waals surface area (Å²) in [6.45, 7) is 1.39. The SMILES string of the molecule is OC[C@]1(c2ccccc2)C[C@@H]1CNC12CC3CC(CC(C3)C1)C2. The highest BCUT2D eigenvalue weighted by atomic mass is 16.3. The minimum absolute atomic E-state index is 0.0382. The zero-order chi connectivity index (χ0) is 15.5. The first kappa shape index (κ1) is 14.5. The molecule has 5 fully saturated rings. The van der Waals surface area contributed by atoms with Gasteiger partial charge in [0.15, 0.2) is 0 Å². The number of hydrogen-bond donors (Lipinski definition) is 2. The van der Waals surface area contributed by atoms with Crippen LogP contribution in [0, 0.1) is 23.7 Å². The average Bonchev–Trinajstić information content (AvgIpc) is 3.28. The third-order valence-electron chi connectivity index (χ3n) is 7.62. The molecule has 4 bridgehead atoms. The number of hydrogen-bond acceptors (Lipinski definition) is 2. The molecular formula is C21H29NO. The van der Waals surface area contributed by atoms with Crippen molar-refractivity contribution in [1.82, 2.24) is 5.32 Å². The second-order valence-electron chi connectivity index (χ2n) is 9.16. The van der Waals surface area contributed by atoms with Crippen molar-refractivity contribution in [2.75, 3.05) is 13.2 Å². The van der Waals surface area contributed by atoms with E-state index in [1.165, 1.54) is 44.1 Å². The summed E-state index contributed by atoms with van der Waals surface area (Å²) in [5.41, 5.74) is 1.83. The van der Waals surface area contributed by atoms with E-state index in [-0.39, 0.29) is 5.41 Å². The Balaban J connectivity index is 1.27. The number of aliphatic hydroxyl groups excluding tert-OH is 1. The van der Waals surface area contributed by atoms with Crippen molar-refractivity contribution < 1.29 is 5.11 Å². The first-order valence-corrected chi connectivity index (χ1v) is 9.63. The quantitative estimate of drug-likeness (QED) is 0.872. The fraction of sp³-hybridized carbons (Fsp3) is 0.714. The molecule has 2 atom stereocenters. The van der Waals surface area contributed by atoms with Gasteiger partial charge in [-0.25, -0.2) is 0 Å². The van der Waals surface area contributed by atoms with Gasteiger partial charge < -0.3 is 10.4 Å². The standard InChI is InChI=1S/C21H29NO/c23-14-21(18-4-2-1-3-5-18)12-19(21)13-22-20-9-15-6-16(10-20)8-17(7-15)11-20/h1-5,15-17,19,22-23H,6-14H2/t15?,16?,17?,19-,20?,21+/m1/s1. The maximum atomic E-state index is 10.0. The minimum Gasteiger partial charge on any atom is -0.395 e. The highest BCUT2D eigenvalue weighted by molar-refractivity contribution is 5.34. The molecule has 5 aliphatic carbocycles. The van der Waals surface area contributed by atoms with Gasteiger partial charge in [0.05, 0.1) is 6.61 Å². The Bertz CT molecular complexity index is 547. The van der Waals surface area contributed by atoms with Crippen molar-refractivity contribution in [2.24, 2.45) is 23.7 Å². The minimum atomic E-state index is 0.0382. The summed E-state index contributed by atoms with van der Waals surface area (Å²) in [5, 5.41) is 14.1. The van der Waals surface area contributed by atoms with Gasteiger partial charge in [-0.05, 0) is 80.7 Å². The average molecular weight is 311 g/mol. The second kappa shape index (κ2) is 5.07. The van der Waals surface area contributed by atoms with Crippen LogP contribution in [0.25, 0.3) is 0 Å². The van der Waals surface area contributed by atoms with E-state index in [0.29, 0.717) is 18.1 Å². The van der Waals surface area contributed by atoms with E-state index in [1.54, 1.807) is 0 Å². The molecule has 0 heterocycles. The van der Waals surface area contributed by atoms with Gasteiger partial charge in [0.25, 0.3) is 0 Å². The third kappa shape index (κ3) is 2.29. The molecule has 5 aliphatic rings. The predicted octanol–water partition coefficient (Wildman–Crippen LogP) is 3.50. The van der Waals surface area contributed by atoms with Crippen LogP contribution in [0.1, 0.15) is 50.5 Å². The molecule has 0 unspecified atom stereocenters. The summed E-state index contributed by atoms with van der Waals surface area (Å²) in [5.74, 6) is 3.63. The van der Waals surface area contributed by atoms with E-state index < -0.39 is 0 Å². The Morgan fingerprint density at radius 2 is 1.52 bits per heavy atom. The molecule has 2 nitrogen and oxygen atoms in total. The highest BCUT2D eigenvalue weighted by Crippen LogP contribution is 2.57. The molecule has 0 saturated heterocycles. The van der Waals surface area contributed by atoms with E-state index in [2.05, 4.69) is 35.6 Å². The molecule has 2 heteroatoms. The maximum Gasteiger partial charge on any atom is 0.0531 e. The molecule has 0 amide bonds. The molecule has 1 aromatic carbocycles. The molecule has 0 aliphatic heterocycles. The van der Waals surface area contributed by atoms with Gasteiger partial charge in [0.1, 0.15) is 0 Å². The Kier molecular flexibility index (Phi) is 3.19. The fourth-order valence-corrected chi connectivity index (χ4v) is 6.72. The summed E-state index contributed by atoms with van der Waals surface area (Å²) in [6, 6.07) is 10.7. The Hall–Kier alpha value is -0.860. The van der Waals surface area contributed by atoms with Gasteiger partial charge >= 0.3 is 0 Å². The number of benzene rings is 1. The first-order chi connectivity index (χ1) is 11.2. The van der Waals surface area contributed by atoms with Crippen LogP contribution >= 0.6 is 0 Å². The molecule has 0 aromatic heterocycles. The van der Waals surface area contributed by atoms with Gasteiger partial charge in [-0.2, -0.15) is 0 Å². The van der Waals surface area contributed by atoms with E-state index in [1.807, 2.05) is 0 Å². The lowest BCUT2D eigenvalue weighted by Crippen LogP contribution is -2.58. The van der Waals surface area contributed by atoms with Crippen molar-refractivity contribution in [1.29, 1.82) is 0 Å². The van der Waals surface area contributed by atoms with Crippen LogP contribution in [0.3, 0.4) is 0 Å². The van der Waals surface area contributed by atoms with Crippen LogP contribution in [0.4, 0.5) is 0 Å². The van der Waals surface area contributed by atoms with Crippen molar-refractivity contribution >= 4 is 0 Å². The normalized spacial score (nSPS) is 47.0. The second-order valence-corrected chi connectivity index (χ2v) is 9.16. The smallest absolute Gasteiger partial charge is 0.0531 e. The monoisotopic (exact) mass is 311 g/mol. The molecule has 0 radical (unpaired) electrons. The third-order valence-corrected chi connectivity index (χ3v) is 7.62. The highest BCUT2D eigenvalue weighted by Gasteiger charge is 2.56. The van der Waals surface area contributed by atoms with Crippen molar-refractivity contribution in [2.45, 2.75) is 55.9 Å². The molecule has 0 spiro atoms. The lowest BCUT2D eigenvalue weighted by molar-refractivity contribution is -0.0203. The van der Waals surface area contributed by atoms with Crippen molar-refractivity contribution in [3.8, 4) is 0 Å². The lowest BCUT2D eigenvalue weighted by Gasteiger charge is -2.57. The predicted molar refractivity (Wildman–Crippen MR) is 92.2 cm³/mol.